The van der Waals surface area contributed by atoms with E-state index in [1.54, 1.807) is 6.92 Å². The molecule has 0 fully saturated rings. The SMILES string of the molecule is CCCn1c(C)nnc1SCC(=O)OCC. The highest BCUT2D eigenvalue weighted by Gasteiger charge is 2.11. The summed E-state index contributed by atoms with van der Waals surface area (Å²) in [6, 6.07) is 0. The van der Waals surface area contributed by atoms with E-state index in [1.165, 1.54) is 11.8 Å². The highest BCUT2D eigenvalue weighted by Crippen LogP contribution is 2.17. The van der Waals surface area contributed by atoms with E-state index in [0.29, 0.717) is 6.61 Å². The van der Waals surface area contributed by atoms with E-state index in [-0.39, 0.29) is 11.7 Å². The number of carbonyl (C=O) groups excluding carboxylic acids is 1. The minimum atomic E-state index is -0.212. The number of aromatic nitrogens is 3. The first-order chi connectivity index (χ1) is 7.69. The second-order valence-electron chi connectivity index (χ2n) is 3.28. The van der Waals surface area contributed by atoms with Crippen molar-refractivity contribution in [1.29, 1.82) is 0 Å². The number of carbonyl (C=O) groups is 1. The Balaban J connectivity index is 2.56. The van der Waals surface area contributed by atoms with E-state index in [4.69, 9.17) is 4.74 Å². The number of ether oxygens (including phenoxy) is 1. The molecule has 0 aliphatic rings. The van der Waals surface area contributed by atoms with Crippen molar-refractivity contribution in [2.75, 3.05) is 12.4 Å². The standard InChI is InChI=1S/C10H17N3O2S/c1-4-6-13-8(3)11-12-10(13)16-7-9(14)15-5-2/h4-7H2,1-3H3. The first kappa shape index (κ1) is 13.0. The fraction of sp³-hybridized carbons (Fsp3) is 0.700. The summed E-state index contributed by atoms with van der Waals surface area (Å²) in [4.78, 5) is 11.2. The Hall–Kier alpha value is -1.04. The van der Waals surface area contributed by atoms with Crippen molar-refractivity contribution < 1.29 is 9.53 Å². The van der Waals surface area contributed by atoms with Crippen molar-refractivity contribution in [3.05, 3.63) is 5.82 Å². The maximum absolute atomic E-state index is 11.2. The molecule has 6 heteroatoms. The van der Waals surface area contributed by atoms with Crippen molar-refractivity contribution in [3.8, 4) is 0 Å². The van der Waals surface area contributed by atoms with Gasteiger partial charge in [-0.15, -0.1) is 10.2 Å². The number of hydrogen-bond donors (Lipinski definition) is 0. The predicted molar refractivity (Wildman–Crippen MR) is 62.4 cm³/mol. The molecule has 1 heterocycles. The van der Waals surface area contributed by atoms with E-state index < -0.39 is 0 Å². The molecule has 0 aliphatic heterocycles. The van der Waals surface area contributed by atoms with Gasteiger partial charge in [0.15, 0.2) is 5.16 Å². The van der Waals surface area contributed by atoms with Crippen LogP contribution in [0.4, 0.5) is 0 Å². The van der Waals surface area contributed by atoms with Gasteiger partial charge in [0.25, 0.3) is 0 Å². The van der Waals surface area contributed by atoms with Crippen LogP contribution >= 0.6 is 11.8 Å². The molecule has 0 atom stereocenters. The van der Waals surface area contributed by atoms with Gasteiger partial charge in [0.05, 0.1) is 12.4 Å². The molecular weight excluding hydrogens is 226 g/mol. The van der Waals surface area contributed by atoms with Gasteiger partial charge in [-0.25, -0.2) is 0 Å². The molecule has 0 aliphatic carbocycles. The Morgan fingerprint density at radius 1 is 1.44 bits per heavy atom. The molecule has 0 saturated carbocycles. The lowest BCUT2D eigenvalue weighted by molar-refractivity contribution is -0.139. The van der Waals surface area contributed by atoms with Gasteiger partial charge in [0.2, 0.25) is 0 Å². The van der Waals surface area contributed by atoms with E-state index >= 15 is 0 Å². The zero-order valence-electron chi connectivity index (χ0n) is 9.89. The number of thioether (sulfide) groups is 1. The van der Waals surface area contributed by atoms with E-state index in [0.717, 1.165) is 23.9 Å². The van der Waals surface area contributed by atoms with Crippen molar-refractivity contribution in [2.45, 2.75) is 38.9 Å². The van der Waals surface area contributed by atoms with E-state index in [2.05, 4.69) is 17.1 Å². The summed E-state index contributed by atoms with van der Waals surface area (Å²) in [7, 11) is 0. The zero-order chi connectivity index (χ0) is 12.0. The number of rotatable bonds is 6. The summed E-state index contributed by atoms with van der Waals surface area (Å²) in [5.41, 5.74) is 0. The van der Waals surface area contributed by atoms with Gasteiger partial charge >= 0.3 is 5.97 Å². The summed E-state index contributed by atoms with van der Waals surface area (Å²) < 4.78 is 6.87. The van der Waals surface area contributed by atoms with Gasteiger partial charge in [-0.05, 0) is 20.3 Å². The minimum absolute atomic E-state index is 0.212. The van der Waals surface area contributed by atoms with Gasteiger partial charge < -0.3 is 9.30 Å². The average Bonchev–Trinajstić information content (AvgIpc) is 2.59. The molecule has 0 radical (unpaired) electrons. The van der Waals surface area contributed by atoms with Crippen molar-refractivity contribution in [2.24, 2.45) is 0 Å². The van der Waals surface area contributed by atoms with Crippen molar-refractivity contribution >= 4 is 17.7 Å². The van der Waals surface area contributed by atoms with Crippen LogP contribution in [0.5, 0.6) is 0 Å². The highest BCUT2D eigenvalue weighted by molar-refractivity contribution is 7.99. The molecule has 0 aromatic carbocycles. The lowest BCUT2D eigenvalue weighted by Gasteiger charge is -2.05. The summed E-state index contributed by atoms with van der Waals surface area (Å²) in [5, 5.41) is 8.82. The molecule has 0 saturated heterocycles. The predicted octanol–water partition coefficient (Wildman–Crippen LogP) is 1.65. The lowest BCUT2D eigenvalue weighted by Crippen LogP contribution is -2.08. The van der Waals surface area contributed by atoms with Crippen molar-refractivity contribution in [1.82, 2.24) is 14.8 Å². The molecule has 0 spiro atoms. The minimum Gasteiger partial charge on any atom is -0.465 e. The largest absolute Gasteiger partial charge is 0.465 e. The maximum Gasteiger partial charge on any atom is 0.316 e. The zero-order valence-corrected chi connectivity index (χ0v) is 10.7. The van der Waals surface area contributed by atoms with Gasteiger partial charge in [0.1, 0.15) is 5.82 Å². The van der Waals surface area contributed by atoms with Crippen LogP contribution in [0.2, 0.25) is 0 Å². The van der Waals surface area contributed by atoms with Crippen LogP contribution in [-0.4, -0.2) is 33.1 Å². The van der Waals surface area contributed by atoms with E-state index in [1.807, 2.05) is 11.5 Å². The van der Waals surface area contributed by atoms with Gasteiger partial charge in [-0.2, -0.15) is 0 Å². The molecule has 0 bridgehead atoms. The number of nitrogens with zero attached hydrogens (tertiary/aromatic N) is 3. The van der Waals surface area contributed by atoms with Gasteiger partial charge in [0, 0.05) is 6.54 Å². The normalized spacial score (nSPS) is 10.4. The second kappa shape index (κ2) is 6.52. The van der Waals surface area contributed by atoms with Crippen LogP contribution in [0.15, 0.2) is 5.16 Å². The van der Waals surface area contributed by atoms with Crippen LogP contribution in [0.1, 0.15) is 26.1 Å². The third-order valence-electron chi connectivity index (χ3n) is 1.97. The molecular formula is C10H17N3O2S. The monoisotopic (exact) mass is 243 g/mol. The Bertz CT molecular complexity index is 352. The summed E-state index contributed by atoms with van der Waals surface area (Å²) in [6.07, 6.45) is 1.02. The molecule has 16 heavy (non-hydrogen) atoms. The molecule has 1 aromatic heterocycles. The Morgan fingerprint density at radius 3 is 2.81 bits per heavy atom. The topological polar surface area (TPSA) is 57.0 Å². The lowest BCUT2D eigenvalue weighted by atomic mass is 10.5. The quantitative estimate of drug-likeness (QED) is 0.561. The van der Waals surface area contributed by atoms with Crippen LogP contribution in [0.3, 0.4) is 0 Å². The first-order valence-corrected chi connectivity index (χ1v) is 6.35. The summed E-state index contributed by atoms with van der Waals surface area (Å²) in [6.45, 7) is 7.10. The molecule has 1 rings (SSSR count). The summed E-state index contributed by atoms with van der Waals surface area (Å²) in [5.74, 6) is 0.958. The third-order valence-corrected chi connectivity index (χ3v) is 2.91. The van der Waals surface area contributed by atoms with Gasteiger partial charge in [-0.3, -0.25) is 4.79 Å². The first-order valence-electron chi connectivity index (χ1n) is 5.37. The van der Waals surface area contributed by atoms with Crippen LogP contribution in [0.25, 0.3) is 0 Å². The molecule has 0 amide bonds. The molecule has 0 N–H and O–H groups in total. The molecule has 5 nitrogen and oxygen atoms in total. The third kappa shape index (κ3) is 3.52. The fourth-order valence-electron chi connectivity index (χ4n) is 1.28. The maximum atomic E-state index is 11.2. The molecule has 90 valence electrons. The summed E-state index contributed by atoms with van der Waals surface area (Å²) >= 11 is 1.37. The van der Waals surface area contributed by atoms with Crippen LogP contribution in [-0.2, 0) is 16.1 Å². The Kier molecular flexibility index (Phi) is 5.31. The fourth-order valence-corrected chi connectivity index (χ4v) is 2.08. The van der Waals surface area contributed by atoms with Gasteiger partial charge in [-0.1, -0.05) is 18.7 Å². The number of aryl methyl sites for hydroxylation is 1. The number of hydrogen-bond acceptors (Lipinski definition) is 5. The Morgan fingerprint density at radius 2 is 2.19 bits per heavy atom. The van der Waals surface area contributed by atoms with Crippen molar-refractivity contribution in [3.63, 3.8) is 0 Å². The Labute approximate surface area is 99.6 Å². The van der Waals surface area contributed by atoms with Crippen LogP contribution in [0, 0.1) is 6.92 Å². The van der Waals surface area contributed by atoms with Crippen LogP contribution < -0.4 is 0 Å². The number of esters is 1. The molecule has 1 aromatic rings. The second-order valence-corrected chi connectivity index (χ2v) is 4.22. The molecule has 0 unspecified atom stereocenters. The highest BCUT2D eigenvalue weighted by atomic mass is 32.2. The smallest absolute Gasteiger partial charge is 0.316 e. The van der Waals surface area contributed by atoms with E-state index in [9.17, 15) is 4.79 Å². The average molecular weight is 243 g/mol.